The van der Waals surface area contributed by atoms with Crippen LogP contribution in [-0.4, -0.2) is 24.9 Å². The molecule has 0 aromatic heterocycles. The molecule has 0 aliphatic carbocycles. The lowest BCUT2D eigenvalue weighted by molar-refractivity contribution is -0.458. The molecule has 1 aromatic carbocycles. The maximum Gasteiger partial charge on any atom is 0.170 e. The highest BCUT2D eigenvalue weighted by Crippen LogP contribution is 1.98. The third kappa shape index (κ3) is 2.50. The first-order valence-electron chi connectivity index (χ1n) is 3.45. The van der Waals surface area contributed by atoms with Crippen molar-refractivity contribution in [3.05, 3.63) is 35.6 Å². The zero-order valence-corrected chi connectivity index (χ0v) is 6.71. The Hall–Kier alpha value is -1.18. The summed E-state index contributed by atoms with van der Waals surface area (Å²) in [5.41, 5.74) is 1.01. The minimum Gasteiger partial charge on any atom is -0.241 e. The van der Waals surface area contributed by atoms with Crippen molar-refractivity contribution in [1.82, 2.24) is 0 Å². The Bertz CT molecular complexity index is 257. The number of hydrogen-bond donors (Lipinski definition) is 0. The summed E-state index contributed by atoms with van der Waals surface area (Å²) in [6, 6.07) is 6.40. The van der Waals surface area contributed by atoms with Gasteiger partial charge in [0.05, 0.1) is 0 Å². The fourth-order valence-electron chi connectivity index (χ4n) is 0.847. The van der Waals surface area contributed by atoms with Crippen LogP contribution in [0.1, 0.15) is 5.56 Å². The number of halogens is 1. The predicted octanol–water partition coefficient (Wildman–Crippen LogP) is 1.52. The molecule has 1 aromatic rings. The van der Waals surface area contributed by atoms with E-state index in [0.29, 0.717) is 0 Å². The average molecular weight is 152 g/mol. The van der Waals surface area contributed by atoms with Gasteiger partial charge in [-0.2, -0.15) is 0 Å². The first kappa shape index (κ1) is 7.92. The number of hydrogen-bond acceptors (Lipinski definition) is 0. The Kier molecular flexibility index (Phi) is 2.36. The Morgan fingerprint density at radius 3 is 2.18 bits per heavy atom. The van der Waals surface area contributed by atoms with Crippen LogP contribution in [0.5, 0.6) is 0 Å². The summed E-state index contributed by atoms with van der Waals surface area (Å²) >= 11 is 0. The number of benzene rings is 1. The molecular weight excluding hydrogens is 141 g/mol. The highest BCUT2D eigenvalue weighted by Gasteiger charge is 1.92. The molecule has 0 unspecified atom stereocenters. The van der Waals surface area contributed by atoms with Gasteiger partial charge in [-0.15, -0.1) is 0 Å². The van der Waals surface area contributed by atoms with Crippen LogP contribution in [0.2, 0.25) is 0 Å². The second-order valence-electron chi connectivity index (χ2n) is 2.64. The third-order valence-electron chi connectivity index (χ3n) is 1.28. The summed E-state index contributed by atoms with van der Waals surface area (Å²) in [7, 11) is 3.87. The monoisotopic (exact) mass is 152 g/mol. The van der Waals surface area contributed by atoms with E-state index in [0.717, 1.165) is 5.56 Å². The highest BCUT2D eigenvalue weighted by atomic mass is 19.1. The van der Waals surface area contributed by atoms with Crippen molar-refractivity contribution in [2.45, 2.75) is 0 Å². The molecule has 0 aliphatic heterocycles. The first-order valence-corrected chi connectivity index (χ1v) is 3.45. The second kappa shape index (κ2) is 3.28. The van der Waals surface area contributed by atoms with Gasteiger partial charge in [0, 0.05) is 5.56 Å². The topological polar surface area (TPSA) is 3.01 Å². The Labute approximate surface area is 65.8 Å². The molecule has 0 fully saturated rings. The molecule has 0 saturated carbocycles. The van der Waals surface area contributed by atoms with E-state index in [9.17, 15) is 4.39 Å². The molecule has 1 nitrogen and oxygen atoms in total. The number of rotatable bonds is 1. The van der Waals surface area contributed by atoms with Gasteiger partial charge in [0.1, 0.15) is 19.9 Å². The van der Waals surface area contributed by atoms with Gasteiger partial charge in [-0.1, -0.05) is 0 Å². The van der Waals surface area contributed by atoms with Gasteiger partial charge in [0.25, 0.3) is 0 Å². The van der Waals surface area contributed by atoms with Crippen LogP contribution < -0.4 is 0 Å². The standard InChI is InChI=1S/C9H11FN/c1-11(2)7-8-3-5-9(10)6-4-8/h3-7H,1-2H3/q+1. The van der Waals surface area contributed by atoms with Crippen LogP contribution in [0.4, 0.5) is 4.39 Å². The van der Waals surface area contributed by atoms with Crippen LogP contribution in [-0.2, 0) is 0 Å². The summed E-state index contributed by atoms with van der Waals surface area (Å²) in [6.07, 6.45) is 1.93. The molecule has 11 heavy (non-hydrogen) atoms. The first-order chi connectivity index (χ1) is 5.18. The lowest BCUT2D eigenvalue weighted by Gasteiger charge is -1.89. The SMILES string of the molecule is C[N+](C)=Cc1ccc(F)cc1. The third-order valence-corrected chi connectivity index (χ3v) is 1.28. The van der Waals surface area contributed by atoms with E-state index in [1.165, 1.54) is 12.1 Å². The molecule has 0 saturated heterocycles. The second-order valence-corrected chi connectivity index (χ2v) is 2.64. The minimum absolute atomic E-state index is 0.194. The van der Waals surface area contributed by atoms with Crippen LogP contribution in [0.15, 0.2) is 24.3 Å². The molecule has 0 spiro atoms. The summed E-state index contributed by atoms with van der Waals surface area (Å²) < 4.78 is 14.3. The van der Waals surface area contributed by atoms with Crippen LogP contribution in [0.25, 0.3) is 0 Å². The van der Waals surface area contributed by atoms with E-state index in [1.807, 2.05) is 24.9 Å². The van der Waals surface area contributed by atoms with Crippen LogP contribution in [0, 0.1) is 5.82 Å². The Morgan fingerprint density at radius 2 is 1.73 bits per heavy atom. The van der Waals surface area contributed by atoms with Gasteiger partial charge >= 0.3 is 0 Å². The molecule has 1 rings (SSSR count). The van der Waals surface area contributed by atoms with Crippen molar-refractivity contribution in [2.75, 3.05) is 14.1 Å². The zero-order chi connectivity index (χ0) is 8.27. The molecule has 0 radical (unpaired) electrons. The van der Waals surface area contributed by atoms with E-state index in [-0.39, 0.29) is 5.82 Å². The fraction of sp³-hybridized carbons (Fsp3) is 0.222. The van der Waals surface area contributed by atoms with Gasteiger partial charge in [0.2, 0.25) is 0 Å². The summed E-state index contributed by atoms with van der Waals surface area (Å²) in [4.78, 5) is 0. The van der Waals surface area contributed by atoms with Gasteiger partial charge in [-0.25, -0.2) is 8.97 Å². The van der Waals surface area contributed by atoms with Gasteiger partial charge < -0.3 is 0 Å². The normalized spacial score (nSPS) is 9.36. The lowest BCUT2D eigenvalue weighted by Crippen LogP contribution is -1.99. The van der Waals surface area contributed by atoms with E-state index in [1.54, 1.807) is 12.1 Å². The van der Waals surface area contributed by atoms with Crippen LogP contribution >= 0.6 is 0 Å². The molecule has 0 amide bonds. The fourth-order valence-corrected chi connectivity index (χ4v) is 0.847. The molecule has 0 atom stereocenters. The number of nitrogens with zero attached hydrogens (tertiary/aromatic N) is 1. The summed E-state index contributed by atoms with van der Waals surface area (Å²) in [5, 5.41) is 0. The maximum absolute atomic E-state index is 12.4. The molecule has 0 N–H and O–H groups in total. The molecule has 2 heteroatoms. The van der Waals surface area contributed by atoms with E-state index < -0.39 is 0 Å². The maximum atomic E-state index is 12.4. The summed E-state index contributed by atoms with van der Waals surface area (Å²) in [5.74, 6) is -0.194. The lowest BCUT2D eigenvalue weighted by atomic mass is 10.2. The molecule has 0 heterocycles. The zero-order valence-electron chi connectivity index (χ0n) is 6.71. The van der Waals surface area contributed by atoms with Gasteiger partial charge in [0.15, 0.2) is 6.21 Å². The van der Waals surface area contributed by atoms with Crippen molar-refractivity contribution in [2.24, 2.45) is 0 Å². The highest BCUT2D eigenvalue weighted by molar-refractivity contribution is 5.75. The quantitative estimate of drug-likeness (QED) is 0.424. The molecule has 0 bridgehead atoms. The minimum atomic E-state index is -0.194. The predicted molar refractivity (Wildman–Crippen MR) is 43.7 cm³/mol. The largest absolute Gasteiger partial charge is 0.241 e. The van der Waals surface area contributed by atoms with E-state index in [2.05, 4.69) is 0 Å². The molecule has 58 valence electrons. The Balaban J connectivity index is 2.91. The van der Waals surface area contributed by atoms with Crippen LogP contribution in [0.3, 0.4) is 0 Å². The van der Waals surface area contributed by atoms with E-state index >= 15 is 0 Å². The average Bonchev–Trinajstić information content (AvgIpc) is 1.93. The molecular formula is C9H11FN+. The van der Waals surface area contributed by atoms with Crippen molar-refractivity contribution >= 4 is 6.21 Å². The van der Waals surface area contributed by atoms with Gasteiger partial charge in [-0.05, 0) is 24.3 Å². The van der Waals surface area contributed by atoms with E-state index in [4.69, 9.17) is 0 Å². The van der Waals surface area contributed by atoms with Crippen molar-refractivity contribution < 1.29 is 8.97 Å². The van der Waals surface area contributed by atoms with Crippen molar-refractivity contribution in [3.8, 4) is 0 Å². The van der Waals surface area contributed by atoms with Crippen molar-refractivity contribution in [1.29, 1.82) is 0 Å². The molecule has 0 aliphatic rings. The summed E-state index contributed by atoms with van der Waals surface area (Å²) in [6.45, 7) is 0. The Morgan fingerprint density at radius 1 is 1.18 bits per heavy atom. The van der Waals surface area contributed by atoms with Gasteiger partial charge in [-0.3, -0.25) is 0 Å². The van der Waals surface area contributed by atoms with Crippen molar-refractivity contribution in [3.63, 3.8) is 0 Å². The smallest absolute Gasteiger partial charge is 0.170 e.